The van der Waals surface area contributed by atoms with Gasteiger partial charge in [0, 0.05) is 12.2 Å². The van der Waals surface area contributed by atoms with Gasteiger partial charge in [0.1, 0.15) is 0 Å². The van der Waals surface area contributed by atoms with Crippen LogP contribution in [0, 0.1) is 0 Å². The van der Waals surface area contributed by atoms with Crippen LogP contribution in [0.25, 0.3) is 0 Å². The quantitative estimate of drug-likeness (QED) is 0.731. The number of carbonyl (C=O) groups is 2. The third-order valence-electron chi connectivity index (χ3n) is 2.87. The number of carboxylic acids is 1. The molecule has 1 aromatic carbocycles. The predicted octanol–water partition coefficient (Wildman–Crippen LogP) is 0.194. The van der Waals surface area contributed by atoms with E-state index in [9.17, 15) is 9.59 Å². The largest absolute Gasteiger partial charge is 0.480 e. The van der Waals surface area contributed by atoms with E-state index in [2.05, 4.69) is 0 Å². The summed E-state index contributed by atoms with van der Waals surface area (Å²) < 4.78 is 5.08. The van der Waals surface area contributed by atoms with E-state index in [1.165, 1.54) is 4.90 Å². The number of carboxylic acid groups (broad SMARTS) is 1. The summed E-state index contributed by atoms with van der Waals surface area (Å²) >= 11 is 0. The van der Waals surface area contributed by atoms with Crippen LogP contribution in [0.15, 0.2) is 24.3 Å². The smallest absolute Gasteiger partial charge is 0.328 e. The van der Waals surface area contributed by atoms with Gasteiger partial charge < -0.3 is 20.5 Å². The Bertz CT molecular complexity index is 475. The maximum Gasteiger partial charge on any atom is 0.328 e. The number of benzene rings is 1. The highest BCUT2D eigenvalue weighted by atomic mass is 16.5. The van der Waals surface area contributed by atoms with Crippen molar-refractivity contribution in [3.63, 3.8) is 0 Å². The molecule has 3 N–H and O–H groups in total. The van der Waals surface area contributed by atoms with Crippen molar-refractivity contribution in [1.82, 2.24) is 4.90 Å². The molecular formula is C12H14N2O4. The zero-order chi connectivity index (χ0) is 13.1. The molecule has 1 fully saturated rings. The fourth-order valence-corrected chi connectivity index (χ4v) is 1.90. The molecule has 6 nitrogen and oxygen atoms in total. The number of nitrogens with two attached hydrogens (primary N) is 1. The Labute approximate surface area is 104 Å². The van der Waals surface area contributed by atoms with E-state index < -0.39 is 12.0 Å². The van der Waals surface area contributed by atoms with E-state index in [4.69, 9.17) is 15.6 Å². The number of morpholine rings is 1. The Hall–Kier alpha value is -2.08. The topological polar surface area (TPSA) is 92.9 Å². The Kier molecular flexibility index (Phi) is 3.47. The van der Waals surface area contributed by atoms with E-state index in [0.29, 0.717) is 17.9 Å². The minimum Gasteiger partial charge on any atom is -0.480 e. The standard InChI is InChI=1S/C12H14N2O4/c13-9-4-2-1-3-8(9)11(15)14-5-6-18-7-10(14)12(16)17/h1-4,10H,5-7,13H2,(H,16,17). The minimum absolute atomic E-state index is 0.00775. The summed E-state index contributed by atoms with van der Waals surface area (Å²) in [6.45, 7) is 0.597. The molecule has 1 aliphatic rings. The number of amides is 1. The first-order valence-corrected chi connectivity index (χ1v) is 5.57. The summed E-state index contributed by atoms with van der Waals surface area (Å²) in [5.74, 6) is -1.44. The highest BCUT2D eigenvalue weighted by Gasteiger charge is 2.33. The van der Waals surface area contributed by atoms with Crippen LogP contribution >= 0.6 is 0 Å². The van der Waals surface area contributed by atoms with Gasteiger partial charge in [-0.05, 0) is 12.1 Å². The first kappa shape index (κ1) is 12.4. The van der Waals surface area contributed by atoms with Crippen LogP contribution in [0.5, 0.6) is 0 Å². The van der Waals surface area contributed by atoms with E-state index in [1.54, 1.807) is 24.3 Å². The lowest BCUT2D eigenvalue weighted by atomic mass is 10.1. The Morgan fingerprint density at radius 1 is 1.39 bits per heavy atom. The van der Waals surface area contributed by atoms with Crippen molar-refractivity contribution in [2.75, 3.05) is 25.5 Å². The van der Waals surface area contributed by atoms with Crippen LogP contribution in [0.4, 0.5) is 5.69 Å². The van der Waals surface area contributed by atoms with Gasteiger partial charge in [-0.1, -0.05) is 12.1 Å². The van der Waals surface area contributed by atoms with Gasteiger partial charge in [-0.25, -0.2) is 4.79 Å². The van der Waals surface area contributed by atoms with Crippen LogP contribution < -0.4 is 5.73 Å². The van der Waals surface area contributed by atoms with Gasteiger partial charge in [0.2, 0.25) is 0 Å². The summed E-state index contributed by atoms with van der Waals surface area (Å²) in [6, 6.07) is 5.67. The number of ether oxygens (including phenoxy) is 1. The second-order valence-electron chi connectivity index (χ2n) is 4.01. The number of anilines is 1. The van der Waals surface area contributed by atoms with Crippen molar-refractivity contribution in [3.8, 4) is 0 Å². The first-order valence-electron chi connectivity index (χ1n) is 5.57. The third kappa shape index (κ3) is 2.28. The van der Waals surface area contributed by atoms with Gasteiger partial charge in [0.25, 0.3) is 5.91 Å². The number of rotatable bonds is 2. The van der Waals surface area contributed by atoms with Crippen molar-refractivity contribution in [1.29, 1.82) is 0 Å². The molecule has 6 heteroatoms. The van der Waals surface area contributed by atoms with Gasteiger partial charge in [0.15, 0.2) is 6.04 Å². The van der Waals surface area contributed by atoms with Gasteiger partial charge in [-0.2, -0.15) is 0 Å². The molecule has 1 unspecified atom stereocenters. The van der Waals surface area contributed by atoms with E-state index in [1.807, 2.05) is 0 Å². The highest BCUT2D eigenvalue weighted by molar-refractivity contribution is 6.00. The first-order chi connectivity index (χ1) is 8.61. The van der Waals surface area contributed by atoms with Crippen molar-refractivity contribution in [2.45, 2.75) is 6.04 Å². The second-order valence-corrected chi connectivity index (χ2v) is 4.01. The molecule has 0 aliphatic carbocycles. The SMILES string of the molecule is Nc1ccccc1C(=O)N1CCOCC1C(=O)O. The minimum atomic E-state index is -1.07. The number of nitrogen functional groups attached to an aromatic ring is 1. The average molecular weight is 250 g/mol. The molecular weight excluding hydrogens is 236 g/mol. The van der Waals surface area contributed by atoms with Crippen LogP contribution in [-0.4, -0.2) is 47.7 Å². The second kappa shape index (κ2) is 5.05. The van der Waals surface area contributed by atoms with Crippen LogP contribution in [0.3, 0.4) is 0 Å². The molecule has 2 rings (SSSR count). The summed E-state index contributed by atoms with van der Waals surface area (Å²) in [6.07, 6.45) is 0. The molecule has 1 amide bonds. The zero-order valence-corrected chi connectivity index (χ0v) is 9.70. The number of nitrogens with zero attached hydrogens (tertiary/aromatic N) is 1. The van der Waals surface area contributed by atoms with Crippen molar-refractivity contribution in [3.05, 3.63) is 29.8 Å². The molecule has 18 heavy (non-hydrogen) atoms. The lowest BCUT2D eigenvalue weighted by Gasteiger charge is -2.33. The summed E-state index contributed by atoms with van der Waals surface area (Å²) in [4.78, 5) is 24.6. The van der Waals surface area contributed by atoms with Crippen molar-refractivity contribution < 1.29 is 19.4 Å². The molecule has 1 aromatic rings. The van der Waals surface area contributed by atoms with E-state index in [-0.39, 0.29) is 19.1 Å². The number of hydrogen-bond donors (Lipinski definition) is 2. The summed E-state index contributed by atoms with van der Waals surface area (Å²) in [5, 5.41) is 9.07. The highest BCUT2D eigenvalue weighted by Crippen LogP contribution is 2.17. The molecule has 0 spiro atoms. The number of carbonyl (C=O) groups excluding carboxylic acids is 1. The van der Waals surface area contributed by atoms with Gasteiger partial charge in [-0.3, -0.25) is 4.79 Å². The molecule has 0 saturated carbocycles. The fourth-order valence-electron chi connectivity index (χ4n) is 1.90. The van der Waals surface area contributed by atoms with Crippen molar-refractivity contribution in [2.24, 2.45) is 0 Å². The maximum absolute atomic E-state index is 12.3. The fraction of sp³-hybridized carbons (Fsp3) is 0.333. The van der Waals surface area contributed by atoms with E-state index in [0.717, 1.165) is 0 Å². The maximum atomic E-state index is 12.3. The molecule has 0 radical (unpaired) electrons. The monoisotopic (exact) mass is 250 g/mol. The molecule has 1 heterocycles. The third-order valence-corrected chi connectivity index (χ3v) is 2.87. The Balaban J connectivity index is 2.27. The number of para-hydroxylation sites is 1. The molecule has 96 valence electrons. The molecule has 1 saturated heterocycles. The molecule has 0 aromatic heterocycles. The van der Waals surface area contributed by atoms with Crippen molar-refractivity contribution >= 4 is 17.6 Å². The lowest BCUT2D eigenvalue weighted by molar-refractivity contribution is -0.147. The molecule has 0 bridgehead atoms. The zero-order valence-electron chi connectivity index (χ0n) is 9.70. The summed E-state index contributed by atoms with van der Waals surface area (Å²) in [7, 11) is 0. The van der Waals surface area contributed by atoms with Gasteiger partial charge in [-0.15, -0.1) is 0 Å². The van der Waals surface area contributed by atoms with Crippen LogP contribution in [0.2, 0.25) is 0 Å². The Morgan fingerprint density at radius 2 is 2.11 bits per heavy atom. The number of hydrogen-bond acceptors (Lipinski definition) is 4. The van der Waals surface area contributed by atoms with Gasteiger partial charge >= 0.3 is 5.97 Å². The normalized spacial score (nSPS) is 19.6. The lowest BCUT2D eigenvalue weighted by Crippen LogP contribution is -2.52. The summed E-state index contributed by atoms with van der Waals surface area (Å²) in [5.41, 5.74) is 6.39. The van der Waals surface area contributed by atoms with E-state index >= 15 is 0 Å². The number of aliphatic carboxylic acids is 1. The Morgan fingerprint density at radius 3 is 2.78 bits per heavy atom. The van der Waals surface area contributed by atoms with Crippen LogP contribution in [-0.2, 0) is 9.53 Å². The molecule has 1 atom stereocenters. The van der Waals surface area contributed by atoms with Gasteiger partial charge in [0.05, 0.1) is 18.8 Å². The average Bonchev–Trinajstić information content (AvgIpc) is 2.38. The predicted molar refractivity (Wildman–Crippen MR) is 64.1 cm³/mol. The molecule has 1 aliphatic heterocycles. The van der Waals surface area contributed by atoms with Crippen LogP contribution in [0.1, 0.15) is 10.4 Å².